The van der Waals surface area contributed by atoms with Crippen LogP contribution in [0, 0.1) is 0 Å². The van der Waals surface area contributed by atoms with Crippen LogP contribution in [0.3, 0.4) is 0 Å². The molecular weight excluding hydrogens is 715 g/mol. The summed E-state index contributed by atoms with van der Waals surface area (Å²) in [6, 6.07) is -0.620. The van der Waals surface area contributed by atoms with Crippen LogP contribution in [0.15, 0.2) is 36.5 Å². The summed E-state index contributed by atoms with van der Waals surface area (Å²) in [4.78, 5) is 37.0. The molecular formula is C49H90NO7+. The molecule has 0 aliphatic carbocycles. The number of hydrogen-bond donors (Lipinski definition) is 1. The number of hydrogen-bond acceptors (Lipinski definition) is 6. The van der Waals surface area contributed by atoms with Crippen LogP contribution in [0.4, 0.5) is 0 Å². The van der Waals surface area contributed by atoms with Crippen molar-refractivity contribution in [3.63, 3.8) is 0 Å². The first kappa shape index (κ1) is 54.6. The summed E-state index contributed by atoms with van der Waals surface area (Å²) in [5.74, 6) is -1.52. The first-order valence-electron chi connectivity index (χ1n) is 23.5. The Morgan fingerprint density at radius 2 is 0.947 bits per heavy atom. The molecule has 2 atom stereocenters. The molecule has 0 aromatic rings. The third kappa shape index (κ3) is 38.8. The van der Waals surface area contributed by atoms with Gasteiger partial charge in [-0.1, -0.05) is 179 Å². The quantitative estimate of drug-likeness (QED) is 0.0284. The van der Waals surface area contributed by atoms with Gasteiger partial charge in [0.05, 0.1) is 34.4 Å². The van der Waals surface area contributed by atoms with Gasteiger partial charge in [-0.15, -0.1) is 0 Å². The summed E-state index contributed by atoms with van der Waals surface area (Å²) in [5, 5.41) is 9.63. The first-order valence-corrected chi connectivity index (χ1v) is 23.5. The minimum Gasteiger partial charge on any atom is -0.477 e. The fourth-order valence-electron chi connectivity index (χ4n) is 6.87. The number of likely N-dealkylation sites (N-methyl/N-ethyl adjacent to an activating group) is 1. The van der Waals surface area contributed by atoms with Crippen molar-refractivity contribution < 1.29 is 38.2 Å². The molecule has 0 amide bonds. The van der Waals surface area contributed by atoms with E-state index in [2.05, 4.69) is 50.3 Å². The number of carboxylic acids is 1. The van der Waals surface area contributed by atoms with Crippen LogP contribution >= 0.6 is 0 Å². The van der Waals surface area contributed by atoms with Gasteiger partial charge < -0.3 is 23.8 Å². The predicted octanol–water partition coefficient (Wildman–Crippen LogP) is 13.0. The van der Waals surface area contributed by atoms with E-state index in [9.17, 15) is 19.5 Å². The molecule has 57 heavy (non-hydrogen) atoms. The smallest absolute Gasteiger partial charge is 0.362 e. The van der Waals surface area contributed by atoms with Crippen LogP contribution < -0.4 is 0 Å². The number of carboxylic acid groups (broad SMARTS) is 1. The van der Waals surface area contributed by atoms with Crippen LogP contribution in [0.1, 0.15) is 206 Å². The average Bonchev–Trinajstić information content (AvgIpc) is 3.17. The van der Waals surface area contributed by atoms with Crippen LogP contribution in [0.5, 0.6) is 0 Å². The van der Waals surface area contributed by atoms with E-state index >= 15 is 0 Å². The number of carbonyl (C=O) groups is 3. The van der Waals surface area contributed by atoms with Crippen LogP contribution in [0.2, 0.25) is 0 Å². The molecule has 0 radical (unpaired) electrons. The van der Waals surface area contributed by atoms with Crippen molar-refractivity contribution in [3.8, 4) is 0 Å². The lowest BCUT2D eigenvalue weighted by Gasteiger charge is -2.31. The Morgan fingerprint density at radius 1 is 0.526 bits per heavy atom. The lowest BCUT2D eigenvalue weighted by atomic mass is 10.0. The number of ether oxygens (including phenoxy) is 3. The van der Waals surface area contributed by atoms with E-state index < -0.39 is 18.1 Å². The van der Waals surface area contributed by atoms with Gasteiger partial charge in [0.1, 0.15) is 6.61 Å². The molecule has 332 valence electrons. The molecule has 0 saturated heterocycles. The summed E-state index contributed by atoms with van der Waals surface area (Å²) in [7, 11) is 5.52. The van der Waals surface area contributed by atoms with Gasteiger partial charge in [0.25, 0.3) is 0 Å². The molecule has 0 aliphatic heterocycles. The summed E-state index contributed by atoms with van der Waals surface area (Å²) in [5.41, 5.74) is 0. The second-order valence-electron chi connectivity index (χ2n) is 17.0. The fraction of sp³-hybridized carbons (Fsp3) is 0.816. The predicted molar refractivity (Wildman–Crippen MR) is 238 cm³/mol. The number of nitrogens with zero attached hydrogens (tertiary/aromatic N) is 1. The third-order valence-corrected chi connectivity index (χ3v) is 10.5. The average molecular weight is 805 g/mol. The highest BCUT2D eigenvalue weighted by atomic mass is 16.6. The summed E-state index contributed by atoms with van der Waals surface area (Å²) >= 11 is 0. The van der Waals surface area contributed by atoms with E-state index in [1.165, 1.54) is 128 Å². The van der Waals surface area contributed by atoms with Crippen molar-refractivity contribution in [2.45, 2.75) is 219 Å². The van der Waals surface area contributed by atoms with Gasteiger partial charge >= 0.3 is 17.9 Å². The molecule has 0 aromatic heterocycles. The number of quaternary nitrogens is 1. The van der Waals surface area contributed by atoms with Crippen molar-refractivity contribution in [2.75, 3.05) is 41.0 Å². The van der Waals surface area contributed by atoms with E-state index in [1.807, 2.05) is 21.1 Å². The molecule has 1 N–H and O–H groups in total. The van der Waals surface area contributed by atoms with Gasteiger partial charge in [0, 0.05) is 19.3 Å². The molecule has 0 fully saturated rings. The van der Waals surface area contributed by atoms with Gasteiger partial charge in [-0.05, 0) is 44.9 Å². The van der Waals surface area contributed by atoms with Crippen molar-refractivity contribution >= 4 is 17.9 Å². The maximum absolute atomic E-state index is 12.7. The standard InChI is InChI=1S/C49H89NO7/c1-6-8-10-12-14-16-18-20-22-24-26-27-29-31-33-35-37-39-47(51)56-44-45(43-55-42-41-46(49(53)54)50(3,4)5)57-48(52)40-38-36-34-32-30-28-25-23-21-19-17-15-13-11-9-7-2/h20,22,26-27,31,33,45-46H,6-19,21,23-25,28-30,32,34-44H2,1-5H3/p+1/b22-20+,27-26+,33-31+. The Bertz CT molecular complexity index is 1030. The molecule has 0 spiro atoms. The van der Waals surface area contributed by atoms with Crippen LogP contribution in [-0.2, 0) is 28.6 Å². The van der Waals surface area contributed by atoms with Crippen molar-refractivity contribution in [3.05, 3.63) is 36.5 Å². The normalized spacial score (nSPS) is 13.2. The summed E-state index contributed by atoms with van der Waals surface area (Å²) < 4.78 is 17.3. The zero-order chi connectivity index (χ0) is 42.1. The Hall–Kier alpha value is -2.45. The van der Waals surface area contributed by atoms with E-state index in [0.717, 1.165) is 38.5 Å². The maximum atomic E-state index is 12.7. The Morgan fingerprint density at radius 3 is 1.42 bits per heavy atom. The SMILES string of the molecule is CCCCCCCC/C=C/C/C=C/C/C=C/CCCC(=O)OCC(COCCC(C(=O)O)[N+](C)(C)C)OC(=O)CCCCCCCCCCCCCCCCCC. The highest BCUT2D eigenvalue weighted by Gasteiger charge is 2.31. The summed E-state index contributed by atoms with van der Waals surface area (Å²) in [6.45, 7) is 4.70. The number of unbranched alkanes of at least 4 members (excludes halogenated alkanes) is 22. The summed E-state index contributed by atoms with van der Waals surface area (Å²) in [6.07, 6.45) is 46.2. The molecule has 0 heterocycles. The Balaban J connectivity index is 4.37. The van der Waals surface area contributed by atoms with Gasteiger partial charge in [0.2, 0.25) is 0 Å². The van der Waals surface area contributed by atoms with Crippen LogP contribution in [0.25, 0.3) is 0 Å². The van der Waals surface area contributed by atoms with Crippen LogP contribution in [-0.4, -0.2) is 80.6 Å². The zero-order valence-corrected chi connectivity index (χ0v) is 37.8. The van der Waals surface area contributed by atoms with Crippen molar-refractivity contribution in [1.29, 1.82) is 0 Å². The second-order valence-corrected chi connectivity index (χ2v) is 17.0. The molecule has 0 aromatic carbocycles. The van der Waals surface area contributed by atoms with E-state index in [0.29, 0.717) is 19.3 Å². The molecule has 8 heteroatoms. The van der Waals surface area contributed by atoms with Crippen molar-refractivity contribution in [2.24, 2.45) is 0 Å². The number of allylic oxidation sites excluding steroid dienone is 6. The molecule has 0 aliphatic rings. The minimum atomic E-state index is -0.880. The molecule has 0 saturated carbocycles. The van der Waals surface area contributed by atoms with E-state index in [-0.39, 0.29) is 42.7 Å². The second kappa shape index (κ2) is 40.3. The van der Waals surface area contributed by atoms with E-state index in [1.54, 1.807) is 0 Å². The molecule has 8 nitrogen and oxygen atoms in total. The van der Waals surface area contributed by atoms with E-state index in [4.69, 9.17) is 14.2 Å². The third-order valence-electron chi connectivity index (χ3n) is 10.5. The molecule has 2 unspecified atom stereocenters. The largest absolute Gasteiger partial charge is 0.477 e. The Labute approximate surface area is 351 Å². The monoisotopic (exact) mass is 805 g/mol. The maximum Gasteiger partial charge on any atom is 0.362 e. The van der Waals surface area contributed by atoms with Gasteiger partial charge in [-0.3, -0.25) is 9.59 Å². The zero-order valence-electron chi connectivity index (χ0n) is 37.8. The lowest BCUT2D eigenvalue weighted by molar-refractivity contribution is -0.887. The van der Waals surface area contributed by atoms with Gasteiger partial charge in [0.15, 0.2) is 12.1 Å². The van der Waals surface area contributed by atoms with Gasteiger partial charge in [-0.2, -0.15) is 0 Å². The Kier molecular flexibility index (Phi) is 38.6. The first-order chi connectivity index (χ1) is 27.6. The lowest BCUT2D eigenvalue weighted by Crippen LogP contribution is -2.50. The van der Waals surface area contributed by atoms with Gasteiger partial charge in [-0.25, -0.2) is 4.79 Å². The number of carbonyl (C=O) groups excluding carboxylic acids is 2. The van der Waals surface area contributed by atoms with Crippen molar-refractivity contribution in [1.82, 2.24) is 0 Å². The number of esters is 2. The topological polar surface area (TPSA) is 99.1 Å². The number of rotatable bonds is 42. The molecule has 0 rings (SSSR count). The number of aliphatic carboxylic acids is 1. The molecule has 0 bridgehead atoms. The minimum absolute atomic E-state index is 0.0482. The highest BCUT2D eigenvalue weighted by Crippen LogP contribution is 2.15. The highest BCUT2D eigenvalue weighted by molar-refractivity contribution is 5.72. The fourth-order valence-corrected chi connectivity index (χ4v) is 6.87.